The number of esters is 1. The minimum atomic E-state index is -0.815. The van der Waals surface area contributed by atoms with Gasteiger partial charge in [0.2, 0.25) is 0 Å². The first-order chi connectivity index (χ1) is 15.7. The highest BCUT2D eigenvalue weighted by atomic mass is 16.5. The lowest BCUT2D eigenvalue weighted by molar-refractivity contribution is -0.142. The molecule has 4 rings (SSSR count). The van der Waals surface area contributed by atoms with Crippen molar-refractivity contribution >= 4 is 11.8 Å². The van der Waals surface area contributed by atoms with Gasteiger partial charge in [0.15, 0.2) is 5.78 Å². The highest BCUT2D eigenvalue weighted by Gasteiger charge is 2.69. The van der Waals surface area contributed by atoms with Gasteiger partial charge < -0.3 is 20.1 Å². The van der Waals surface area contributed by atoms with Crippen LogP contribution in [-0.2, 0) is 14.3 Å². The molecule has 0 unspecified atom stereocenters. The molecule has 4 aliphatic rings. The number of rotatable bonds is 4. The van der Waals surface area contributed by atoms with Gasteiger partial charge in [0.25, 0.3) is 0 Å². The van der Waals surface area contributed by atoms with Crippen LogP contribution in [0.3, 0.4) is 0 Å². The molecule has 0 aromatic carbocycles. The summed E-state index contributed by atoms with van der Waals surface area (Å²) < 4.78 is 4.82. The Morgan fingerprint density at radius 2 is 1.74 bits per heavy atom. The number of allylic oxidation sites excluding steroid dienone is 1. The second kappa shape index (κ2) is 8.14. The van der Waals surface area contributed by atoms with E-state index < -0.39 is 40.0 Å². The maximum Gasteiger partial charge on any atom is 0.305 e. The lowest BCUT2D eigenvalue weighted by Crippen LogP contribution is -2.61. The summed E-state index contributed by atoms with van der Waals surface area (Å²) in [5.74, 6) is 0.0167. The smallest absolute Gasteiger partial charge is 0.305 e. The number of ketones is 1. The molecule has 2 saturated carbocycles. The summed E-state index contributed by atoms with van der Waals surface area (Å²) in [5.41, 5.74) is -0.564. The molecule has 0 bridgehead atoms. The first kappa shape index (κ1) is 25.8. The monoisotopic (exact) mass is 476 g/mol. The fourth-order valence-electron chi connectivity index (χ4n) is 9.02. The Balaban J connectivity index is 1.80. The number of ether oxygens (including phenoxy) is 1. The molecule has 9 atom stereocenters. The molecule has 2 fully saturated rings. The first-order valence-electron chi connectivity index (χ1n) is 13.1. The Bertz CT molecular complexity index is 907. The second-order valence-electron chi connectivity index (χ2n) is 13.1. The van der Waals surface area contributed by atoms with Gasteiger partial charge in [-0.3, -0.25) is 9.59 Å². The van der Waals surface area contributed by atoms with Gasteiger partial charge in [-0.1, -0.05) is 41.5 Å². The Labute approximate surface area is 204 Å². The molecule has 34 heavy (non-hydrogen) atoms. The van der Waals surface area contributed by atoms with Gasteiger partial charge in [-0.2, -0.15) is 0 Å². The second-order valence-corrected chi connectivity index (χ2v) is 13.1. The fourth-order valence-corrected chi connectivity index (χ4v) is 9.02. The number of methoxy groups -OCH3 is 1. The number of aliphatic hydroxyl groups is 3. The molecule has 0 amide bonds. The maximum atomic E-state index is 14.0. The highest BCUT2D eigenvalue weighted by Crippen LogP contribution is 2.71. The van der Waals surface area contributed by atoms with Crippen LogP contribution in [0.25, 0.3) is 0 Å². The minimum Gasteiger partial charge on any atom is -0.469 e. The quantitative estimate of drug-likeness (QED) is 0.533. The van der Waals surface area contributed by atoms with Crippen LogP contribution in [0.5, 0.6) is 0 Å². The molecule has 6 heteroatoms. The van der Waals surface area contributed by atoms with Crippen LogP contribution in [-0.4, -0.2) is 52.5 Å². The van der Waals surface area contributed by atoms with Crippen LogP contribution >= 0.6 is 0 Å². The molecule has 0 aliphatic heterocycles. The van der Waals surface area contributed by atoms with E-state index in [1.165, 1.54) is 7.11 Å². The van der Waals surface area contributed by atoms with E-state index in [0.717, 1.165) is 11.1 Å². The molecule has 0 aromatic heterocycles. The molecule has 0 heterocycles. The van der Waals surface area contributed by atoms with Crippen molar-refractivity contribution in [2.24, 2.45) is 39.4 Å². The lowest BCUT2D eigenvalue weighted by Gasteiger charge is -2.62. The maximum absolute atomic E-state index is 14.0. The normalized spacial score (nSPS) is 46.4. The van der Waals surface area contributed by atoms with E-state index in [1.807, 2.05) is 0 Å². The topological polar surface area (TPSA) is 104 Å². The van der Waals surface area contributed by atoms with Gasteiger partial charge in [0.1, 0.15) is 0 Å². The van der Waals surface area contributed by atoms with Gasteiger partial charge in [0, 0.05) is 23.8 Å². The van der Waals surface area contributed by atoms with E-state index in [2.05, 4.69) is 41.5 Å². The Morgan fingerprint density at radius 3 is 2.35 bits per heavy atom. The zero-order chi connectivity index (χ0) is 25.4. The van der Waals surface area contributed by atoms with E-state index >= 15 is 0 Å². The number of hydrogen-bond donors (Lipinski definition) is 3. The largest absolute Gasteiger partial charge is 0.469 e. The average molecular weight is 477 g/mol. The van der Waals surface area contributed by atoms with Gasteiger partial charge in [-0.05, 0) is 71.7 Å². The highest BCUT2D eigenvalue weighted by molar-refractivity contribution is 6.00. The molecule has 192 valence electrons. The average Bonchev–Trinajstić information content (AvgIpc) is 2.97. The van der Waals surface area contributed by atoms with E-state index in [-0.39, 0.29) is 29.5 Å². The molecule has 6 nitrogen and oxygen atoms in total. The first-order valence-corrected chi connectivity index (χ1v) is 13.1. The van der Waals surface area contributed by atoms with Crippen molar-refractivity contribution in [1.29, 1.82) is 0 Å². The van der Waals surface area contributed by atoms with Crippen molar-refractivity contribution in [3.8, 4) is 0 Å². The molecular weight excluding hydrogens is 432 g/mol. The van der Waals surface area contributed by atoms with Crippen LogP contribution in [0, 0.1) is 39.4 Å². The van der Waals surface area contributed by atoms with Crippen LogP contribution in [0.1, 0.15) is 86.5 Å². The summed E-state index contributed by atoms with van der Waals surface area (Å²) in [6.45, 7) is 12.5. The zero-order valence-electron chi connectivity index (χ0n) is 22.0. The SMILES string of the molecule is COC(=O)CC[C@@H](C)[C@H]1C[C@H](O)[C@@]2(C)C3=C(C(=O)C[C@]12C)[C@@]1(C)CC[C@H](O)C(C)(C)[C@@H]1C[C@H]3O. The van der Waals surface area contributed by atoms with Gasteiger partial charge in [-0.25, -0.2) is 0 Å². The summed E-state index contributed by atoms with van der Waals surface area (Å²) in [4.78, 5) is 25.8. The van der Waals surface area contributed by atoms with E-state index in [1.54, 1.807) is 0 Å². The van der Waals surface area contributed by atoms with Gasteiger partial charge >= 0.3 is 5.97 Å². The number of fused-ring (bicyclic) bond motifs is 4. The summed E-state index contributed by atoms with van der Waals surface area (Å²) >= 11 is 0. The number of carbonyl (C=O) groups is 2. The molecule has 0 saturated heterocycles. The van der Waals surface area contributed by atoms with Crippen molar-refractivity contribution in [3.63, 3.8) is 0 Å². The molecule has 3 N–H and O–H groups in total. The molecular formula is C28H44O6. The van der Waals surface area contributed by atoms with Crippen molar-refractivity contribution < 1.29 is 29.6 Å². The molecule has 0 spiro atoms. The number of hydrogen-bond acceptors (Lipinski definition) is 6. The summed E-state index contributed by atoms with van der Waals surface area (Å²) in [6, 6.07) is 0. The fraction of sp³-hybridized carbons (Fsp3) is 0.857. The summed E-state index contributed by atoms with van der Waals surface area (Å²) in [7, 11) is 1.39. The van der Waals surface area contributed by atoms with Gasteiger partial charge in [0.05, 0.1) is 25.4 Å². The van der Waals surface area contributed by atoms with Crippen LogP contribution in [0.2, 0.25) is 0 Å². The number of Topliss-reactive ketones (excluding diaryl/α,β-unsaturated/α-hetero) is 1. The Kier molecular flexibility index (Phi) is 6.19. The van der Waals surface area contributed by atoms with Crippen LogP contribution < -0.4 is 0 Å². The molecule has 0 aromatic rings. The summed E-state index contributed by atoms with van der Waals surface area (Å²) in [5, 5.41) is 33.9. The third-order valence-electron chi connectivity index (χ3n) is 11.3. The van der Waals surface area contributed by atoms with Crippen LogP contribution in [0.4, 0.5) is 0 Å². The van der Waals surface area contributed by atoms with E-state index in [9.17, 15) is 24.9 Å². The minimum absolute atomic E-state index is 0.0114. The Morgan fingerprint density at radius 1 is 1.09 bits per heavy atom. The lowest BCUT2D eigenvalue weighted by atomic mass is 9.42. The standard InChI is InChI=1S/C28H44O6/c1-15(8-9-22(33)34-7)16-12-21(32)28(6)24-17(29)13-19-25(2,3)20(31)10-11-26(19,4)23(24)18(30)14-27(16,28)5/h15-17,19-21,29,31-32H,8-14H2,1-7H3/t15-,16-,17-,19+,20+,21+,26+,27-,28+/m1/s1. The number of carbonyl (C=O) groups excluding carboxylic acids is 2. The third-order valence-corrected chi connectivity index (χ3v) is 11.3. The van der Waals surface area contributed by atoms with Gasteiger partial charge in [-0.15, -0.1) is 0 Å². The van der Waals surface area contributed by atoms with Crippen molar-refractivity contribution in [2.75, 3.05) is 7.11 Å². The summed E-state index contributed by atoms with van der Waals surface area (Å²) in [6.07, 6.45) is 1.74. The van der Waals surface area contributed by atoms with E-state index in [4.69, 9.17) is 4.74 Å². The predicted molar refractivity (Wildman–Crippen MR) is 129 cm³/mol. The Hall–Kier alpha value is -1.24. The number of aliphatic hydroxyl groups excluding tert-OH is 3. The van der Waals surface area contributed by atoms with Crippen molar-refractivity contribution in [1.82, 2.24) is 0 Å². The zero-order valence-corrected chi connectivity index (χ0v) is 22.0. The molecule has 4 aliphatic carbocycles. The van der Waals surface area contributed by atoms with E-state index in [0.29, 0.717) is 44.9 Å². The van der Waals surface area contributed by atoms with Crippen molar-refractivity contribution in [2.45, 2.75) is 105 Å². The van der Waals surface area contributed by atoms with Crippen LogP contribution in [0.15, 0.2) is 11.1 Å². The van der Waals surface area contributed by atoms with Crippen molar-refractivity contribution in [3.05, 3.63) is 11.1 Å². The molecule has 0 radical (unpaired) electrons. The predicted octanol–water partition coefficient (Wildman–Crippen LogP) is 3.81. The third kappa shape index (κ3) is 3.24.